The van der Waals surface area contributed by atoms with E-state index >= 15 is 0 Å². The first-order valence-corrected chi connectivity index (χ1v) is 9.14. The molecule has 0 unspecified atom stereocenters. The number of esters is 1. The number of halogens is 1. The highest BCUT2D eigenvalue weighted by atomic mass is 35.5. The van der Waals surface area contributed by atoms with Crippen molar-refractivity contribution in [2.45, 2.75) is 13.0 Å². The summed E-state index contributed by atoms with van der Waals surface area (Å²) >= 11 is 11.2. The van der Waals surface area contributed by atoms with E-state index in [1.54, 1.807) is 55.5 Å². The van der Waals surface area contributed by atoms with Gasteiger partial charge in [-0.25, -0.2) is 4.79 Å². The minimum absolute atomic E-state index is 0.0504. The lowest BCUT2D eigenvalue weighted by atomic mass is 9.89. The number of benzene rings is 2. The lowest BCUT2D eigenvalue weighted by Gasteiger charge is -2.30. The Bertz CT molecular complexity index is 911. The van der Waals surface area contributed by atoms with Crippen molar-refractivity contribution in [2.75, 3.05) is 6.61 Å². The SMILES string of the molecule is CCOC(=O)C1=C(C(=O)c2ccccc2)[C@@H](c2ccc(Cl)cc2)NC(=S)N1. The summed E-state index contributed by atoms with van der Waals surface area (Å²) in [5.74, 6) is -0.916. The van der Waals surface area contributed by atoms with Crippen LogP contribution in [-0.4, -0.2) is 23.5 Å². The third-order valence-electron chi connectivity index (χ3n) is 4.04. The molecule has 0 saturated carbocycles. The van der Waals surface area contributed by atoms with Crippen molar-refractivity contribution in [1.82, 2.24) is 10.6 Å². The molecule has 0 fully saturated rings. The number of ether oxygens (including phenoxy) is 1. The topological polar surface area (TPSA) is 67.4 Å². The summed E-state index contributed by atoms with van der Waals surface area (Å²) in [7, 11) is 0. The standard InChI is InChI=1S/C20H17ClN2O3S/c1-2-26-19(25)17-15(18(24)13-6-4-3-5-7-13)16(22-20(27)23-17)12-8-10-14(21)11-9-12/h3-11,16H,2H2,1H3,(H2,22,23,27)/t16-/m1/s1. The van der Waals surface area contributed by atoms with Crippen molar-refractivity contribution >= 4 is 40.7 Å². The van der Waals surface area contributed by atoms with Crippen LogP contribution in [0.15, 0.2) is 65.9 Å². The third-order valence-corrected chi connectivity index (χ3v) is 4.51. The number of hydrogen-bond acceptors (Lipinski definition) is 4. The molecule has 0 radical (unpaired) electrons. The number of nitrogens with one attached hydrogen (secondary N) is 2. The van der Waals surface area contributed by atoms with Gasteiger partial charge in [0.15, 0.2) is 10.9 Å². The maximum Gasteiger partial charge on any atom is 0.355 e. The van der Waals surface area contributed by atoms with E-state index in [1.165, 1.54) is 0 Å². The fourth-order valence-corrected chi connectivity index (χ4v) is 3.17. The Balaban J connectivity index is 2.16. The molecule has 0 bridgehead atoms. The van der Waals surface area contributed by atoms with Crippen molar-refractivity contribution in [3.05, 3.63) is 82.0 Å². The molecule has 1 aliphatic rings. The molecule has 7 heteroatoms. The number of thiocarbonyl (C=S) groups is 1. The molecule has 0 amide bonds. The van der Waals surface area contributed by atoms with Gasteiger partial charge < -0.3 is 15.4 Å². The van der Waals surface area contributed by atoms with E-state index in [0.29, 0.717) is 10.6 Å². The van der Waals surface area contributed by atoms with Crippen LogP contribution in [0.1, 0.15) is 28.9 Å². The molecule has 1 heterocycles. The number of Topliss-reactive ketones (excluding diaryl/α,β-unsaturated/α-hetero) is 1. The van der Waals surface area contributed by atoms with Crippen molar-refractivity contribution in [3.8, 4) is 0 Å². The summed E-state index contributed by atoms with van der Waals surface area (Å²) in [6, 6.07) is 15.2. The van der Waals surface area contributed by atoms with Gasteiger partial charge in [-0.2, -0.15) is 0 Å². The van der Waals surface area contributed by atoms with Gasteiger partial charge in [-0.3, -0.25) is 4.79 Å². The first kappa shape index (κ1) is 19.1. The van der Waals surface area contributed by atoms with Gasteiger partial charge in [0.05, 0.1) is 18.2 Å². The molecule has 1 atom stereocenters. The van der Waals surface area contributed by atoms with Gasteiger partial charge >= 0.3 is 5.97 Å². The lowest BCUT2D eigenvalue weighted by Crippen LogP contribution is -2.47. The van der Waals surface area contributed by atoms with E-state index in [0.717, 1.165) is 5.56 Å². The fraction of sp³-hybridized carbons (Fsp3) is 0.150. The molecule has 27 heavy (non-hydrogen) atoms. The second-order valence-corrected chi connectivity index (χ2v) is 6.63. The van der Waals surface area contributed by atoms with Gasteiger partial charge in [-0.05, 0) is 36.8 Å². The monoisotopic (exact) mass is 400 g/mol. The van der Waals surface area contributed by atoms with Crippen LogP contribution in [0.4, 0.5) is 0 Å². The molecule has 0 aliphatic carbocycles. The highest BCUT2D eigenvalue weighted by Gasteiger charge is 2.35. The first-order chi connectivity index (χ1) is 13.0. The average Bonchev–Trinajstić information content (AvgIpc) is 2.68. The van der Waals surface area contributed by atoms with Crippen molar-refractivity contribution in [2.24, 2.45) is 0 Å². The van der Waals surface area contributed by atoms with E-state index < -0.39 is 12.0 Å². The second kappa shape index (κ2) is 8.33. The zero-order valence-corrected chi connectivity index (χ0v) is 16.1. The van der Waals surface area contributed by atoms with Crippen LogP contribution in [0.25, 0.3) is 0 Å². The summed E-state index contributed by atoms with van der Waals surface area (Å²) in [4.78, 5) is 25.8. The maximum atomic E-state index is 13.3. The van der Waals surface area contributed by atoms with E-state index in [9.17, 15) is 9.59 Å². The van der Waals surface area contributed by atoms with Crippen LogP contribution in [0.2, 0.25) is 5.02 Å². The summed E-state index contributed by atoms with van der Waals surface area (Å²) < 4.78 is 5.13. The van der Waals surface area contributed by atoms with E-state index in [-0.39, 0.29) is 28.8 Å². The van der Waals surface area contributed by atoms with Gasteiger partial charge in [0.2, 0.25) is 0 Å². The second-order valence-electron chi connectivity index (χ2n) is 5.79. The predicted octanol–water partition coefficient (Wildman–Crippen LogP) is 3.56. The minimum atomic E-state index is -0.625. The van der Waals surface area contributed by atoms with Crippen molar-refractivity contribution < 1.29 is 14.3 Å². The van der Waals surface area contributed by atoms with Gasteiger partial charge in [0.25, 0.3) is 0 Å². The Hall–Kier alpha value is -2.70. The van der Waals surface area contributed by atoms with Crippen LogP contribution in [-0.2, 0) is 9.53 Å². The average molecular weight is 401 g/mol. The molecule has 1 aliphatic heterocycles. The molecule has 2 aromatic rings. The zero-order valence-electron chi connectivity index (χ0n) is 14.5. The number of carbonyl (C=O) groups is 2. The quantitative estimate of drug-likeness (QED) is 0.454. The molecule has 0 spiro atoms. The number of ketones is 1. The first-order valence-electron chi connectivity index (χ1n) is 8.35. The van der Waals surface area contributed by atoms with Gasteiger partial charge in [0, 0.05) is 10.6 Å². The highest BCUT2D eigenvalue weighted by molar-refractivity contribution is 7.80. The largest absolute Gasteiger partial charge is 0.461 e. The summed E-state index contributed by atoms with van der Waals surface area (Å²) in [6.45, 7) is 1.88. The Morgan fingerprint density at radius 3 is 2.41 bits per heavy atom. The Morgan fingerprint density at radius 2 is 1.78 bits per heavy atom. The van der Waals surface area contributed by atoms with Gasteiger partial charge in [-0.15, -0.1) is 0 Å². The maximum absolute atomic E-state index is 13.3. The van der Waals surface area contributed by atoms with Crippen molar-refractivity contribution in [3.63, 3.8) is 0 Å². The Labute approximate surface area is 167 Å². The normalized spacial score (nSPS) is 16.4. The molecule has 2 aromatic carbocycles. The Morgan fingerprint density at radius 1 is 1.11 bits per heavy atom. The van der Waals surface area contributed by atoms with Crippen LogP contribution in [0.3, 0.4) is 0 Å². The zero-order chi connectivity index (χ0) is 19.4. The highest BCUT2D eigenvalue weighted by Crippen LogP contribution is 2.30. The molecular weight excluding hydrogens is 384 g/mol. The predicted molar refractivity (Wildman–Crippen MR) is 107 cm³/mol. The van der Waals surface area contributed by atoms with E-state index in [1.807, 2.05) is 6.07 Å². The van der Waals surface area contributed by atoms with E-state index in [2.05, 4.69) is 10.6 Å². The summed E-state index contributed by atoms with van der Waals surface area (Å²) in [5.41, 5.74) is 1.51. The van der Waals surface area contributed by atoms with Crippen LogP contribution in [0.5, 0.6) is 0 Å². The number of rotatable bonds is 5. The number of hydrogen-bond donors (Lipinski definition) is 2. The summed E-state index contributed by atoms with van der Waals surface area (Å²) in [5, 5.41) is 6.67. The van der Waals surface area contributed by atoms with Crippen LogP contribution in [0, 0.1) is 0 Å². The lowest BCUT2D eigenvalue weighted by molar-refractivity contribution is -0.138. The minimum Gasteiger partial charge on any atom is -0.461 e. The molecular formula is C20H17ClN2O3S. The third kappa shape index (κ3) is 4.18. The molecule has 5 nitrogen and oxygen atoms in total. The van der Waals surface area contributed by atoms with Crippen LogP contribution >= 0.6 is 23.8 Å². The molecule has 3 rings (SSSR count). The van der Waals surface area contributed by atoms with E-state index in [4.69, 9.17) is 28.6 Å². The molecule has 138 valence electrons. The molecule has 2 N–H and O–H groups in total. The fourth-order valence-electron chi connectivity index (χ4n) is 2.82. The molecule has 0 aromatic heterocycles. The van der Waals surface area contributed by atoms with Crippen LogP contribution < -0.4 is 10.6 Å². The van der Waals surface area contributed by atoms with Crippen molar-refractivity contribution in [1.29, 1.82) is 0 Å². The molecule has 0 saturated heterocycles. The Kier molecular flexibility index (Phi) is 5.88. The number of carbonyl (C=O) groups excluding carboxylic acids is 2. The van der Waals surface area contributed by atoms with Gasteiger partial charge in [-0.1, -0.05) is 54.1 Å². The summed E-state index contributed by atoms with van der Waals surface area (Å²) in [6.07, 6.45) is 0. The van der Waals surface area contributed by atoms with Gasteiger partial charge in [0.1, 0.15) is 5.70 Å². The smallest absolute Gasteiger partial charge is 0.355 e.